The van der Waals surface area contributed by atoms with Crippen LogP contribution in [0.15, 0.2) is 36.6 Å². The van der Waals surface area contributed by atoms with E-state index in [1.807, 2.05) is 6.92 Å². The third-order valence-electron chi connectivity index (χ3n) is 1.31. The molecular weight excluding hydrogens is 152 g/mol. The summed E-state index contributed by atoms with van der Waals surface area (Å²) in [5, 5.41) is 0. The van der Waals surface area contributed by atoms with Crippen molar-refractivity contribution in [1.29, 1.82) is 0 Å². The molecule has 0 spiro atoms. The maximum Gasteiger partial charge on any atom is 0.167 e. The summed E-state index contributed by atoms with van der Waals surface area (Å²) in [7, 11) is 0. The predicted octanol–water partition coefficient (Wildman–Crippen LogP) is 2.24. The number of carbonyl (C=O) groups is 1. The second-order valence-corrected chi connectivity index (χ2v) is 2.45. The third kappa shape index (κ3) is 3.76. The maximum atomic E-state index is 10.6. The second-order valence-electron chi connectivity index (χ2n) is 2.45. The molecule has 0 aliphatic heterocycles. The molecule has 0 fully saturated rings. The van der Waals surface area contributed by atoms with Crippen molar-refractivity contribution in [2.24, 2.45) is 0 Å². The van der Waals surface area contributed by atoms with Crippen LogP contribution in [0, 0.1) is 0 Å². The first-order valence-corrected chi connectivity index (χ1v) is 3.69. The topological polar surface area (TPSA) is 26.3 Å². The van der Waals surface area contributed by atoms with Crippen LogP contribution in [0.1, 0.15) is 13.8 Å². The van der Waals surface area contributed by atoms with Crippen LogP contribution in [0.25, 0.3) is 0 Å². The van der Waals surface area contributed by atoms with Crippen LogP contribution < -0.4 is 0 Å². The first-order valence-electron chi connectivity index (χ1n) is 3.69. The molecule has 0 bridgehead atoms. The number of Topliss-reactive ketones (excluding diaryl/α,β-unsaturated/α-hetero) is 1. The predicted molar refractivity (Wildman–Crippen MR) is 49.7 cm³/mol. The van der Waals surface area contributed by atoms with E-state index >= 15 is 0 Å². The van der Waals surface area contributed by atoms with Crippen molar-refractivity contribution in [3.63, 3.8) is 0 Å². The van der Waals surface area contributed by atoms with Gasteiger partial charge in [-0.3, -0.25) is 4.79 Å². The highest BCUT2D eigenvalue weighted by Crippen LogP contribution is 2.07. The van der Waals surface area contributed by atoms with Crippen LogP contribution >= 0.6 is 0 Å². The molecule has 0 radical (unpaired) electrons. The van der Waals surface area contributed by atoms with Crippen LogP contribution in [0.2, 0.25) is 0 Å². The zero-order chi connectivity index (χ0) is 9.56. The number of hydrogen-bond acceptors (Lipinski definition) is 2. The summed E-state index contributed by atoms with van der Waals surface area (Å²) >= 11 is 0. The lowest BCUT2D eigenvalue weighted by Crippen LogP contribution is -2.03. The number of ether oxygens (including phenoxy) is 1. The first kappa shape index (κ1) is 10.7. The summed E-state index contributed by atoms with van der Waals surface area (Å²) in [5.41, 5.74) is 0.881. The van der Waals surface area contributed by atoms with E-state index in [2.05, 4.69) is 13.2 Å². The van der Waals surface area contributed by atoms with Crippen molar-refractivity contribution in [3.8, 4) is 0 Å². The largest absolute Gasteiger partial charge is 0.486 e. The molecule has 0 aromatic heterocycles. The van der Waals surface area contributed by atoms with Crippen LogP contribution in [0.3, 0.4) is 0 Å². The van der Waals surface area contributed by atoms with Gasteiger partial charge in [0.15, 0.2) is 5.78 Å². The van der Waals surface area contributed by atoms with Gasteiger partial charge in [-0.25, -0.2) is 0 Å². The van der Waals surface area contributed by atoms with Gasteiger partial charge in [0.2, 0.25) is 0 Å². The van der Waals surface area contributed by atoms with E-state index in [-0.39, 0.29) is 12.4 Å². The Morgan fingerprint density at radius 2 is 1.92 bits per heavy atom. The molecule has 0 aromatic carbocycles. The first-order chi connectivity index (χ1) is 5.61. The minimum atomic E-state index is -0.00814. The molecule has 0 saturated carbocycles. The molecular formula is C10H14O2. The Morgan fingerprint density at radius 3 is 2.25 bits per heavy atom. The highest BCUT2D eigenvalue weighted by atomic mass is 16.5. The normalized spacial score (nSPS) is 11.5. The highest BCUT2D eigenvalue weighted by molar-refractivity contribution is 5.76. The lowest BCUT2D eigenvalue weighted by atomic mass is 10.2. The zero-order valence-electron chi connectivity index (χ0n) is 7.59. The average molecular weight is 166 g/mol. The van der Waals surface area contributed by atoms with E-state index < -0.39 is 0 Å². The molecule has 0 unspecified atom stereocenters. The Kier molecular flexibility index (Phi) is 4.77. The molecule has 0 aliphatic carbocycles. The Hall–Kier alpha value is -1.31. The lowest BCUT2D eigenvalue weighted by molar-refractivity contribution is -0.120. The van der Waals surface area contributed by atoms with Crippen molar-refractivity contribution in [2.45, 2.75) is 13.8 Å². The molecule has 0 aromatic rings. The van der Waals surface area contributed by atoms with Crippen molar-refractivity contribution in [2.75, 3.05) is 6.61 Å². The van der Waals surface area contributed by atoms with E-state index in [1.54, 1.807) is 12.2 Å². The molecule has 0 saturated heterocycles. The van der Waals surface area contributed by atoms with Gasteiger partial charge in [-0.1, -0.05) is 19.2 Å². The fourth-order valence-electron chi connectivity index (χ4n) is 0.614. The molecule has 2 heteroatoms. The van der Waals surface area contributed by atoms with Crippen LogP contribution in [-0.2, 0) is 9.53 Å². The fourth-order valence-corrected chi connectivity index (χ4v) is 0.614. The van der Waals surface area contributed by atoms with Crippen molar-refractivity contribution in [3.05, 3.63) is 36.6 Å². The lowest BCUT2D eigenvalue weighted by Gasteiger charge is -2.05. The molecule has 12 heavy (non-hydrogen) atoms. The smallest absolute Gasteiger partial charge is 0.167 e. The van der Waals surface area contributed by atoms with Crippen LogP contribution in [-0.4, -0.2) is 12.4 Å². The van der Waals surface area contributed by atoms with E-state index in [1.165, 1.54) is 6.92 Å². The fraction of sp³-hybridized carbons (Fsp3) is 0.300. The summed E-state index contributed by atoms with van der Waals surface area (Å²) in [6.45, 7) is 10.6. The Morgan fingerprint density at radius 1 is 1.33 bits per heavy atom. The second kappa shape index (κ2) is 5.35. The minimum absolute atomic E-state index is 0.00814. The number of allylic oxidation sites excluding steroid dienone is 3. The molecule has 0 rings (SSSR count). The summed E-state index contributed by atoms with van der Waals surface area (Å²) in [6.07, 6.45) is 3.23. The van der Waals surface area contributed by atoms with Gasteiger partial charge in [0.25, 0.3) is 0 Å². The third-order valence-corrected chi connectivity index (χ3v) is 1.31. The summed E-state index contributed by atoms with van der Waals surface area (Å²) < 4.78 is 5.15. The van der Waals surface area contributed by atoms with Gasteiger partial charge in [0.1, 0.15) is 12.4 Å². The molecule has 0 amide bonds. The minimum Gasteiger partial charge on any atom is -0.486 e. The Balaban J connectivity index is 4.27. The highest BCUT2D eigenvalue weighted by Gasteiger charge is 1.98. The number of ketones is 1. The van der Waals surface area contributed by atoms with Gasteiger partial charge in [0.05, 0.1) is 0 Å². The van der Waals surface area contributed by atoms with Crippen LogP contribution in [0.4, 0.5) is 0 Å². The SMILES string of the molecule is C=C/C(C)=C(/C=C)OCC(C)=O. The van der Waals surface area contributed by atoms with Crippen LogP contribution in [0.5, 0.6) is 0 Å². The molecule has 0 aliphatic rings. The zero-order valence-corrected chi connectivity index (χ0v) is 7.59. The van der Waals surface area contributed by atoms with E-state index in [0.717, 1.165) is 5.57 Å². The molecule has 66 valence electrons. The van der Waals surface area contributed by atoms with E-state index in [0.29, 0.717) is 5.76 Å². The van der Waals surface area contributed by atoms with Gasteiger partial charge < -0.3 is 4.74 Å². The van der Waals surface area contributed by atoms with E-state index in [9.17, 15) is 4.79 Å². The van der Waals surface area contributed by atoms with Crippen molar-refractivity contribution < 1.29 is 9.53 Å². The number of rotatable bonds is 5. The quantitative estimate of drug-likeness (QED) is 0.462. The summed E-state index contributed by atoms with van der Waals surface area (Å²) in [4.78, 5) is 10.6. The Bertz CT molecular complexity index is 224. The van der Waals surface area contributed by atoms with Gasteiger partial charge >= 0.3 is 0 Å². The van der Waals surface area contributed by atoms with Gasteiger partial charge in [0, 0.05) is 0 Å². The van der Waals surface area contributed by atoms with Gasteiger partial charge in [-0.05, 0) is 25.5 Å². The van der Waals surface area contributed by atoms with Crippen molar-refractivity contribution >= 4 is 5.78 Å². The summed E-state index contributed by atoms with van der Waals surface area (Å²) in [5.74, 6) is 0.603. The van der Waals surface area contributed by atoms with E-state index in [4.69, 9.17) is 4.74 Å². The Labute approximate surface area is 73.2 Å². The molecule has 2 nitrogen and oxygen atoms in total. The standard InChI is InChI=1S/C10H14O2/c1-5-8(3)10(6-2)12-7-9(4)11/h5-6H,1-2,7H2,3-4H3/b10-8-. The molecule has 0 heterocycles. The monoisotopic (exact) mass is 166 g/mol. The number of hydrogen-bond donors (Lipinski definition) is 0. The van der Waals surface area contributed by atoms with Gasteiger partial charge in [-0.2, -0.15) is 0 Å². The van der Waals surface area contributed by atoms with Crippen molar-refractivity contribution in [1.82, 2.24) is 0 Å². The average Bonchev–Trinajstić information content (AvgIpc) is 2.04. The van der Waals surface area contributed by atoms with Gasteiger partial charge in [-0.15, -0.1) is 0 Å². The molecule has 0 atom stereocenters. The maximum absolute atomic E-state index is 10.6. The summed E-state index contributed by atoms with van der Waals surface area (Å²) in [6, 6.07) is 0. The molecule has 0 N–H and O–H groups in total. The number of carbonyl (C=O) groups excluding carboxylic acids is 1.